The monoisotopic (exact) mass is 295 g/mol. The van der Waals surface area contributed by atoms with Gasteiger partial charge >= 0.3 is 5.89 Å². The van der Waals surface area contributed by atoms with Gasteiger partial charge in [-0.05, 0) is 51.5 Å². The summed E-state index contributed by atoms with van der Waals surface area (Å²) >= 11 is 0. The summed E-state index contributed by atoms with van der Waals surface area (Å²) in [7, 11) is 0. The van der Waals surface area contributed by atoms with Gasteiger partial charge in [0.1, 0.15) is 6.54 Å². The van der Waals surface area contributed by atoms with E-state index in [4.69, 9.17) is 4.42 Å². The number of rotatable bonds is 4. The Bertz CT molecular complexity index is 837. The van der Waals surface area contributed by atoms with Gasteiger partial charge in [0.25, 0.3) is 5.52 Å². The lowest BCUT2D eigenvalue weighted by Gasteiger charge is -2.04. The van der Waals surface area contributed by atoms with Gasteiger partial charge in [-0.25, -0.2) is 0 Å². The average molecular weight is 295 g/mol. The number of hydrogen-bond donors (Lipinski definition) is 0. The predicted octanol–water partition coefficient (Wildman–Crippen LogP) is 4.35. The molecule has 1 aromatic carbocycles. The summed E-state index contributed by atoms with van der Waals surface area (Å²) in [6, 6.07) is 10.4. The highest BCUT2D eigenvalue weighted by Gasteiger charge is 2.18. The van der Waals surface area contributed by atoms with E-state index in [1.165, 1.54) is 17.0 Å². The molecule has 0 saturated carbocycles. The Hall–Kier alpha value is -2.29. The van der Waals surface area contributed by atoms with Crippen molar-refractivity contribution in [1.29, 1.82) is 0 Å². The summed E-state index contributed by atoms with van der Waals surface area (Å²) in [5.74, 6) is 0.894. The van der Waals surface area contributed by atoms with Crippen LogP contribution >= 0.6 is 0 Å². The van der Waals surface area contributed by atoms with Crippen LogP contribution in [0.2, 0.25) is 0 Å². The minimum Gasteiger partial charge on any atom is -0.398 e. The van der Waals surface area contributed by atoms with E-state index >= 15 is 0 Å². The molecule has 3 nitrogen and oxygen atoms in total. The second-order valence-corrected chi connectivity index (χ2v) is 5.56. The van der Waals surface area contributed by atoms with Gasteiger partial charge < -0.3 is 8.98 Å². The molecule has 3 rings (SSSR count). The fourth-order valence-electron chi connectivity index (χ4n) is 3.15. The number of hydrogen-bond acceptors (Lipinski definition) is 1. The van der Waals surface area contributed by atoms with Gasteiger partial charge in [0.05, 0.1) is 6.08 Å². The zero-order valence-electron chi connectivity index (χ0n) is 13.8. The molecule has 2 aromatic heterocycles. The molecule has 0 aliphatic rings. The van der Waals surface area contributed by atoms with E-state index in [1.54, 1.807) is 0 Å². The van der Waals surface area contributed by atoms with E-state index in [-0.39, 0.29) is 0 Å². The van der Waals surface area contributed by atoms with E-state index in [0.717, 1.165) is 30.1 Å². The van der Waals surface area contributed by atoms with Crippen LogP contribution in [-0.2, 0) is 13.1 Å². The maximum Gasteiger partial charge on any atom is 0.374 e. The summed E-state index contributed by atoms with van der Waals surface area (Å²) in [5, 5.41) is 0. The highest BCUT2D eigenvalue weighted by atomic mass is 16.3. The van der Waals surface area contributed by atoms with E-state index in [2.05, 4.69) is 61.1 Å². The first-order valence-corrected chi connectivity index (χ1v) is 7.91. The van der Waals surface area contributed by atoms with Gasteiger partial charge in [-0.2, -0.15) is 4.57 Å². The fourth-order valence-corrected chi connectivity index (χ4v) is 3.15. The van der Waals surface area contributed by atoms with Crippen LogP contribution in [0.3, 0.4) is 0 Å². The minimum absolute atomic E-state index is 0.894. The number of fused-ring (bicyclic) bond motifs is 1. The Morgan fingerprint density at radius 1 is 1.14 bits per heavy atom. The van der Waals surface area contributed by atoms with Crippen LogP contribution in [0.25, 0.3) is 23.3 Å². The van der Waals surface area contributed by atoms with Gasteiger partial charge in [0.15, 0.2) is 0 Å². The van der Waals surface area contributed by atoms with Crippen molar-refractivity contribution in [1.82, 2.24) is 4.57 Å². The minimum atomic E-state index is 0.894. The van der Waals surface area contributed by atoms with Crippen molar-refractivity contribution in [3.05, 3.63) is 53.2 Å². The van der Waals surface area contributed by atoms with Crippen molar-refractivity contribution in [2.45, 2.75) is 40.8 Å². The lowest BCUT2D eigenvalue weighted by molar-refractivity contribution is -0.674. The van der Waals surface area contributed by atoms with Crippen molar-refractivity contribution in [2.75, 3.05) is 0 Å². The largest absolute Gasteiger partial charge is 0.398 e. The number of para-hydroxylation sites is 2. The molecule has 0 saturated heterocycles. The van der Waals surface area contributed by atoms with Crippen LogP contribution < -0.4 is 4.57 Å². The zero-order chi connectivity index (χ0) is 15.7. The van der Waals surface area contributed by atoms with Crippen LogP contribution in [0, 0.1) is 13.8 Å². The van der Waals surface area contributed by atoms with Crippen LogP contribution in [-0.4, -0.2) is 4.57 Å². The number of nitrogens with zero attached hydrogens (tertiary/aromatic N) is 2. The fraction of sp³-hybridized carbons (Fsp3) is 0.316. The Labute approximate surface area is 131 Å². The van der Waals surface area contributed by atoms with Crippen LogP contribution in [0.15, 0.2) is 34.7 Å². The Morgan fingerprint density at radius 2 is 1.91 bits per heavy atom. The zero-order valence-corrected chi connectivity index (χ0v) is 13.8. The van der Waals surface area contributed by atoms with Gasteiger partial charge in [-0.3, -0.25) is 0 Å². The normalized spacial score (nSPS) is 11.8. The first-order chi connectivity index (χ1) is 10.7. The van der Waals surface area contributed by atoms with E-state index < -0.39 is 0 Å². The van der Waals surface area contributed by atoms with Crippen molar-refractivity contribution >= 4 is 23.3 Å². The lowest BCUT2D eigenvalue weighted by atomic mass is 10.2. The summed E-state index contributed by atoms with van der Waals surface area (Å²) in [6.45, 7) is 10.5. The summed E-state index contributed by atoms with van der Waals surface area (Å²) < 4.78 is 10.5. The second kappa shape index (κ2) is 5.84. The van der Waals surface area contributed by atoms with Gasteiger partial charge in [0, 0.05) is 24.0 Å². The maximum atomic E-state index is 5.98. The second-order valence-electron chi connectivity index (χ2n) is 5.56. The third-order valence-electron chi connectivity index (χ3n) is 4.29. The van der Waals surface area contributed by atoms with Crippen LogP contribution in [0.5, 0.6) is 0 Å². The maximum absolute atomic E-state index is 5.98. The molecular weight excluding hydrogens is 272 g/mol. The third kappa shape index (κ3) is 2.37. The molecule has 0 spiro atoms. The molecule has 0 aliphatic heterocycles. The van der Waals surface area contributed by atoms with Crippen molar-refractivity contribution < 1.29 is 8.98 Å². The smallest absolute Gasteiger partial charge is 0.374 e. The predicted molar refractivity (Wildman–Crippen MR) is 90.6 cm³/mol. The molecule has 3 heteroatoms. The molecule has 0 unspecified atom stereocenters. The lowest BCUT2D eigenvalue weighted by Crippen LogP contribution is -2.33. The van der Waals surface area contributed by atoms with E-state index in [9.17, 15) is 0 Å². The quantitative estimate of drug-likeness (QED) is 0.656. The molecule has 3 aromatic rings. The topological polar surface area (TPSA) is 21.9 Å². The third-order valence-corrected chi connectivity index (χ3v) is 4.29. The molecular formula is C19H23N2O+. The molecule has 0 amide bonds. The number of benzene rings is 1. The van der Waals surface area contributed by atoms with Crippen molar-refractivity contribution in [2.24, 2.45) is 0 Å². The first kappa shape index (κ1) is 14.6. The summed E-state index contributed by atoms with van der Waals surface area (Å²) in [6.07, 6.45) is 4.23. The molecule has 22 heavy (non-hydrogen) atoms. The SMILES string of the molecule is CCn1c(C)cc(/C=C/c2oc3ccccc3[n+]2CC)c1C. The van der Waals surface area contributed by atoms with Gasteiger partial charge in [0.2, 0.25) is 5.58 Å². The molecule has 0 atom stereocenters. The molecule has 0 fully saturated rings. The Morgan fingerprint density at radius 3 is 2.59 bits per heavy atom. The highest BCUT2D eigenvalue weighted by molar-refractivity contribution is 5.72. The molecule has 114 valence electrons. The molecule has 2 heterocycles. The molecule has 0 aliphatic carbocycles. The number of aryl methyl sites for hydroxylation is 2. The van der Waals surface area contributed by atoms with Gasteiger partial charge in [-0.1, -0.05) is 12.1 Å². The number of aromatic nitrogens is 2. The van der Waals surface area contributed by atoms with Crippen LogP contribution in [0.4, 0.5) is 0 Å². The molecule has 0 N–H and O–H groups in total. The highest BCUT2D eigenvalue weighted by Crippen LogP contribution is 2.19. The Balaban J connectivity index is 2.03. The van der Waals surface area contributed by atoms with Crippen molar-refractivity contribution in [3.63, 3.8) is 0 Å². The average Bonchev–Trinajstić information content (AvgIpc) is 3.01. The van der Waals surface area contributed by atoms with Gasteiger partial charge in [-0.15, -0.1) is 0 Å². The summed E-state index contributed by atoms with van der Waals surface area (Å²) in [4.78, 5) is 0. The van der Waals surface area contributed by atoms with Crippen molar-refractivity contribution in [3.8, 4) is 0 Å². The first-order valence-electron chi connectivity index (χ1n) is 7.91. The Kier molecular flexibility index (Phi) is 3.88. The molecule has 0 bridgehead atoms. The number of oxazole rings is 1. The van der Waals surface area contributed by atoms with Crippen LogP contribution in [0.1, 0.15) is 36.7 Å². The van der Waals surface area contributed by atoms with E-state index in [0.29, 0.717) is 0 Å². The van der Waals surface area contributed by atoms with E-state index in [1.807, 2.05) is 18.2 Å². The molecule has 0 radical (unpaired) electrons. The summed E-state index contributed by atoms with van der Waals surface area (Å²) in [5.41, 5.74) is 5.93. The standard InChI is InChI=1S/C19H23N2O/c1-5-20-14(3)13-16(15(20)4)11-12-19-21(6-2)17-9-7-8-10-18(17)22-19/h7-13H,5-6H2,1-4H3/q+1.